The van der Waals surface area contributed by atoms with Gasteiger partial charge in [-0.2, -0.15) is 0 Å². The molecule has 2 aromatic rings. The molecule has 1 aliphatic heterocycles. The lowest BCUT2D eigenvalue weighted by Gasteiger charge is -2.18. The van der Waals surface area contributed by atoms with Crippen LogP contribution in [0.5, 0.6) is 0 Å². The molecule has 2 aromatic carbocycles. The molecule has 0 spiro atoms. The van der Waals surface area contributed by atoms with Crippen LogP contribution >= 0.6 is 0 Å². The summed E-state index contributed by atoms with van der Waals surface area (Å²) in [4.78, 5) is 35.5. The number of carbonyl (C=O) groups is 3. The van der Waals surface area contributed by atoms with Crippen molar-refractivity contribution in [1.29, 1.82) is 0 Å². The summed E-state index contributed by atoms with van der Waals surface area (Å²) < 4.78 is 0. The Bertz CT molecular complexity index is 855. The number of amides is 3. The number of hydrogen-bond donors (Lipinski definition) is 2. The van der Waals surface area contributed by atoms with Crippen molar-refractivity contribution in [3.63, 3.8) is 0 Å². The molecule has 0 unspecified atom stereocenters. The van der Waals surface area contributed by atoms with Crippen LogP contribution in [-0.4, -0.2) is 17.7 Å². The maximum atomic E-state index is 12.6. The monoisotopic (exact) mass is 348 g/mol. The number of carbonyl (C=O) groups excluding carboxylic acids is 3. The molecule has 5 heteroatoms. The van der Waals surface area contributed by atoms with Gasteiger partial charge in [-0.05, 0) is 42.5 Å². The van der Waals surface area contributed by atoms with Gasteiger partial charge in [0, 0.05) is 12.0 Å². The van der Waals surface area contributed by atoms with E-state index < -0.39 is 0 Å². The Hall–Kier alpha value is -2.95. The second-order valence-electron chi connectivity index (χ2n) is 7.12. The summed E-state index contributed by atoms with van der Waals surface area (Å²) >= 11 is 0. The molecule has 0 aromatic heterocycles. The third-order valence-corrected chi connectivity index (χ3v) is 5.19. The van der Waals surface area contributed by atoms with Crippen molar-refractivity contribution in [2.75, 3.05) is 0 Å². The highest BCUT2D eigenvalue weighted by molar-refractivity contribution is 6.03. The third-order valence-electron chi connectivity index (χ3n) is 5.19. The highest BCUT2D eigenvalue weighted by atomic mass is 16.2. The second kappa shape index (κ2) is 6.41. The van der Waals surface area contributed by atoms with Crippen molar-refractivity contribution in [3.8, 4) is 0 Å². The van der Waals surface area contributed by atoms with Crippen molar-refractivity contribution in [1.82, 2.24) is 10.6 Å². The van der Waals surface area contributed by atoms with Crippen LogP contribution in [0.3, 0.4) is 0 Å². The lowest BCUT2D eigenvalue weighted by Crippen LogP contribution is -2.34. The fraction of sp³-hybridized carbons (Fsp3) is 0.286. The summed E-state index contributed by atoms with van der Waals surface area (Å²) in [5.74, 6) is -0.830. The number of benzene rings is 2. The Kier molecular flexibility index (Phi) is 4.07. The number of rotatable bonds is 5. The number of nitrogens with one attached hydrogen (secondary N) is 2. The molecule has 5 nitrogen and oxygen atoms in total. The van der Waals surface area contributed by atoms with E-state index in [1.54, 1.807) is 12.1 Å². The normalized spacial score (nSPS) is 20.5. The van der Waals surface area contributed by atoms with E-state index in [1.165, 1.54) is 0 Å². The Morgan fingerprint density at radius 1 is 1.04 bits per heavy atom. The molecule has 1 aliphatic carbocycles. The lowest BCUT2D eigenvalue weighted by atomic mass is 9.97. The van der Waals surface area contributed by atoms with Crippen molar-refractivity contribution in [2.24, 2.45) is 5.92 Å². The quantitative estimate of drug-likeness (QED) is 0.814. The van der Waals surface area contributed by atoms with Gasteiger partial charge in [0.2, 0.25) is 11.8 Å². The van der Waals surface area contributed by atoms with E-state index in [9.17, 15) is 14.4 Å². The van der Waals surface area contributed by atoms with Crippen molar-refractivity contribution >= 4 is 17.7 Å². The lowest BCUT2D eigenvalue weighted by molar-refractivity contribution is -0.125. The van der Waals surface area contributed by atoms with Crippen LogP contribution < -0.4 is 10.6 Å². The minimum Gasteiger partial charge on any atom is -0.343 e. The third kappa shape index (κ3) is 3.25. The van der Waals surface area contributed by atoms with Gasteiger partial charge in [0.1, 0.15) is 0 Å². The minimum atomic E-state index is -0.310. The molecule has 132 valence electrons. The molecule has 1 atom stereocenters. The fourth-order valence-electron chi connectivity index (χ4n) is 3.51. The molecule has 0 radical (unpaired) electrons. The van der Waals surface area contributed by atoms with Crippen LogP contribution in [0, 0.1) is 5.92 Å². The molecule has 2 fully saturated rings. The zero-order valence-electron chi connectivity index (χ0n) is 14.3. The van der Waals surface area contributed by atoms with E-state index in [-0.39, 0.29) is 35.6 Å². The average Bonchev–Trinajstić information content (AvgIpc) is 3.36. The van der Waals surface area contributed by atoms with Crippen molar-refractivity contribution in [3.05, 3.63) is 71.3 Å². The first-order valence-corrected chi connectivity index (χ1v) is 8.86. The fourth-order valence-corrected chi connectivity index (χ4v) is 3.51. The SMILES string of the molecule is O=C1C[C@@H](Cc2ccc(C(=O)NC3(c4ccccc4)CC3)cc2)C(=O)N1. The number of hydrogen-bond acceptors (Lipinski definition) is 3. The predicted octanol–water partition coefficient (Wildman–Crippen LogP) is 2.31. The molecular formula is C21H20N2O3. The summed E-state index contributed by atoms with van der Waals surface area (Å²) in [6.07, 6.45) is 2.64. The Morgan fingerprint density at radius 3 is 2.31 bits per heavy atom. The Balaban J connectivity index is 1.41. The largest absolute Gasteiger partial charge is 0.343 e. The van der Waals surface area contributed by atoms with Gasteiger partial charge in [-0.3, -0.25) is 19.7 Å². The van der Waals surface area contributed by atoms with E-state index in [0.717, 1.165) is 24.0 Å². The van der Waals surface area contributed by atoms with E-state index in [4.69, 9.17) is 0 Å². The summed E-state index contributed by atoms with van der Waals surface area (Å²) in [7, 11) is 0. The summed E-state index contributed by atoms with van der Waals surface area (Å²) in [5, 5.41) is 5.48. The molecular weight excluding hydrogens is 328 g/mol. The van der Waals surface area contributed by atoms with E-state index in [2.05, 4.69) is 10.6 Å². The first kappa shape index (κ1) is 16.5. The first-order chi connectivity index (χ1) is 12.6. The molecule has 1 saturated carbocycles. The average molecular weight is 348 g/mol. The van der Waals surface area contributed by atoms with Gasteiger partial charge in [-0.15, -0.1) is 0 Å². The topological polar surface area (TPSA) is 75.3 Å². The van der Waals surface area contributed by atoms with Gasteiger partial charge in [-0.1, -0.05) is 42.5 Å². The van der Waals surface area contributed by atoms with E-state index >= 15 is 0 Å². The maximum absolute atomic E-state index is 12.6. The zero-order valence-corrected chi connectivity index (χ0v) is 14.3. The van der Waals surface area contributed by atoms with Gasteiger partial charge in [0.15, 0.2) is 0 Å². The molecule has 4 rings (SSSR count). The Morgan fingerprint density at radius 2 is 1.73 bits per heavy atom. The second-order valence-corrected chi connectivity index (χ2v) is 7.12. The van der Waals surface area contributed by atoms with Crippen LogP contribution in [0.2, 0.25) is 0 Å². The van der Waals surface area contributed by atoms with E-state index in [1.807, 2.05) is 42.5 Å². The summed E-state index contributed by atoms with van der Waals surface area (Å²) in [5.41, 5.74) is 2.45. The van der Waals surface area contributed by atoms with Gasteiger partial charge >= 0.3 is 0 Å². The van der Waals surface area contributed by atoms with Crippen LogP contribution in [-0.2, 0) is 21.5 Å². The standard InChI is InChI=1S/C21H20N2O3/c24-18-13-16(19(25)22-18)12-14-6-8-15(9-7-14)20(26)23-21(10-11-21)17-4-2-1-3-5-17/h1-9,16H,10-13H2,(H,23,26)(H,22,24,25)/t16-/m1/s1. The van der Waals surface area contributed by atoms with Crippen LogP contribution in [0.15, 0.2) is 54.6 Å². The summed E-state index contributed by atoms with van der Waals surface area (Å²) in [6.45, 7) is 0. The van der Waals surface area contributed by atoms with Gasteiger partial charge in [0.05, 0.1) is 11.5 Å². The van der Waals surface area contributed by atoms with Crippen LogP contribution in [0.4, 0.5) is 0 Å². The molecule has 1 heterocycles. The molecule has 3 amide bonds. The van der Waals surface area contributed by atoms with Gasteiger partial charge in [0.25, 0.3) is 5.91 Å². The zero-order chi connectivity index (χ0) is 18.1. The van der Waals surface area contributed by atoms with Crippen molar-refractivity contribution < 1.29 is 14.4 Å². The van der Waals surface area contributed by atoms with Crippen LogP contribution in [0.25, 0.3) is 0 Å². The molecule has 26 heavy (non-hydrogen) atoms. The molecule has 2 N–H and O–H groups in total. The summed E-state index contributed by atoms with van der Waals surface area (Å²) in [6, 6.07) is 17.3. The number of imide groups is 1. The minimum absolute atomic E-state index is 0.0910. The van der Waals surface area contributed by atoms with E-state index in [0.29, 0.717) is 12.0 Å². The molecule has 0 bridgehead atoms. The smallest absolute Gasteiger partial charge is 0.251 e. The molecule has 1 saturated heterocycles. The van der Waals surface area contributed by atoms with Gasteiger partial charge < -0.3 is 5.32 Å². The van der Waals surface area contributed by atoms with Crippen LogP contribution in [0.1, 0.15) is 40.7 Å². The van der Waals surface area contributed by atoms with Gasteiger partial charge in [-0.25, -0.2) is 0 Å². The predicted molar refractivity (Wildman–Crippen MR) is 96.2 cm³/mol. The first-order valence-electron chi connectivity index (χ1n) is 8.86. The highest BCUT2D eigenvalue weighted by Crippen LogP contribution is 2.45. The molecule has 2 aliphatic rings. The Labute approximate surface area is 151 Å². The highest BCUT2D eigenvalue weighted by Gasteiger charge is 2.45. The maximum Gasteiger partial charge on any atom is 0.251 e. The van der Waals surface area contributed by atoms with Crippen molar-refractivity contribution in [2.45, 2.75) is 31.2 Å².